The van der Waals surface area contributed by atoms with E-state index in [-0.39, 0.29) is 18.0 Å². The fraction of sp³-hybridized carbons (Fsp3) is 0.588. The van der Waals surface area contributed by atoms with Gasteiger partial charge in [0.05, 0.1) is 19.3 Å². The molecule has 3 rings (SSSR count). The Balaban J connectivity index is 1.47. The van der Waals surface area contributed by atoms with Crippen molar-refractivity contribution in [1.82, 2.24) is 19.7 Å². The molecular weight excluding hydrogens is 322 g/mol. The number of hydrogen-bond donors (Lipinski definition) is 1. The van der Waals surface area contributed by atoms with Gasteiger partial charge in [0.1, 0.15) is 0 Å². The van der Waals surface area contributed by atoms with Gasteiger partial charge in [-0.05, 0) is 19.1 Å². The van der Waals surface area contributed by atoms with Crippen LogP contribution in [-0.4, -0.2) is 90.1 Å². The average Bonchev–Trinajstić information content (AvgIpc) is 2.68. The summed E-state index contributed by atoms with van der Waals surface area (Å²) in [7, 11) is 0. The number of hydrogen-bond acceptors (Lipinski definition) is 5. The molecule has 2 fully saturated rings. The molecule has 0 bridgehead atoms. The zero-order valence-corrected chi connectivity index (χ0v) is 14.6. The number of aromatic nitrogens is 1. The third kappa shape index (κ3) is 4.46. The Morgan fingerprint density at radius 2 is 1.68 bits per heavy atom. The molecule has 0 unspecified atom stereocenters. The van der Waals surface area contributed by atoms with Crippen LogP contribution in [0.4, 0.5) is 10.5 Å². The minimum Gasteiger partial charge on any atom is -0.378 e. The van der Waals surface area contributed by atoms with Gasteiger partial charge in [-0.1, -0.05) is 0 Å². The first kappa shape index (κ1) is 17.6. The highest BCUT2D eigenvalue weighted by molar-refractivity contribution is 5.89. The average molecular weight is 347 g/mol. The number of pyridine rings is 1. The molecule has 8 nitrogen and oxygen atoms in total. The van der Waals surface area contributed by atoms with E-state index in [1.807, 2.05) is 11.8 Å². The molecule has 1 aromatic heterocycles. The zero-order valence-electron chi connectivity index (χ0n) is 14.6. The van der Waals surface area contributed by atoms with Gasteiger partial charge in [-0.15, -0.1) is 0 Å². The lowest BCUT2D eigenvalue weighted by Gasteiger charge is -2.39. The molecule has 2 aliphatic heterocycles. The van der Waals surface area contributed by atoms with E-state index in [0.29, 0.717) is 52.5 Å². The van der Waals surface area contributed by atoms with Gasteiger partial charge < -0.3 is 19.9 Å². The van der Waals surface area contributed by atoms with Gasteiger partial charge in [0.2, 0.25) is 5.91 Å². The maximum atomic E-state index is 12.6. The van der Waals surface area contributed by atoms with Crippen LogP contribution in [0.1, 0.15) is 6.92 Å². The van der Waals surface area contributed by atoms with Gasteiger partial charge >= 0.3 is 6.03 Å². The van der Waals surface area contributed by atoms with Crippen LogP contribution in [0.15, 0.2) is 24.5 Å². The van der Waals surface area contributed by atoms with Crippen LogP contribution in [0.3, 0.4) is 0 Å². The zero-order chi connectivity index (χ0) is 17.6. The number of morpholine rings is 1. The molecule has 8 heteroatoms. The second-order valence-corrected chi connectivity index (χ2v) is 6.30. The maximum Gasteiger partial charge on any atom is 0.321 e. The lowest BCUT2D eigenvalue weighted by atomic mass is 10.2. The molecular formula is C17H25N5O3. The number of nitrogens with zero attached hydrogens (tertiary/aromatic N) is 4. The standard InChI is InChI=1S/C17H25N5O3/c1-14(16(23)21-10-12-25-13-11-21)20-6-8-22(9-7-20)17(24)19-15-2-4-18-5-3-15/h2-5,14H,6-13H2,1H3,(H,18,19,24)/t14-/m0/s1. The van der Waals surface area contributed by atoms with Gasteiger partial charge in [-0.2, -0.15) is 0 Å². The van der Waals surface area contributed by atoms with E-state index in [1.54, 1.807) is 29.4 Å². The van der Waals surface area contributed by atoms with Crippen molar-refractivity contribution in [3.63, 3.8) is 0 Å². The third-order valence-corrected chi connectivity index (χ3v) is 4.76. The molecule has 0 saturated carbocycles. The number of carbonyl (C=O) groups is 2. The molecule has 2 aliphatic rings. The largest absolute Gasteiger partial charge is 0.378 e. The van der Waals surface area contributed by atoms with E-state index in [0.717, 1.165) is 5.69 Å². The molecule has 0 radical (unpaired) electrons. The highest BCUT2D eigenvalue weighted by Gasteiger charge is 2.30. The topological polar surface area (TPSA) is 78.0 Å². The summed E-state index contributed by atoms with van der Waals surface area (Å²) in [4.78, 5) is 34.6. The van der Waals surface area contributed by atoms with Crippen LogP contribution in [0.2, 0.25) is 0 Å². The Morgan fingerprint density at radius 3 is 2.32 bits per heavy atom. The summed E-state index contributed by atoms with van der Waals surface area (Å²) in [6, 6.07) is 3.25. The Morgan fingerprint density at radius 1 is 1.04 bits per heavy atom. The minimum atomic E-state index is -0.163. The number of nitrogens with one attached hydrogen (secondary N) is 1. The van der Waals surface area contributed by atoms with E-state index in [4.69, 9.17) is 4.74 Å². The van der Waals surface area contributed by atoms with Crippen LogP contribution in [0.5, 0.6) is 0 Å². The summed E-state index contributed by atoms with van der Waals surface area (Å²) in [6.45, 7) is 7.11. The molecule has 1 atom stereocenters. The Labute approximate surface area is 147 Å². The fourth-order valence-electron chi connectivity index (χ4n) is 3.15. The molecule has 0 aromatic carbocycles. The lowest BCUT2D eigenvalue weighted by Crippen LogP contribution is -2.57. The lowest BCUT2D eigenvalue weighted by molar-refractivity contribution is -0.141. The van der Waals surface area contributed by atoms with Gasteiger partial charge in [-0.25, -0.2) is 4.79 Å². The Bertz CT molecular complexity index is 583. The Kier molecular flexibility index (Phi) is 5.83. The highest BCUT2D eigenvalue weighted by Crippen LogP contribution is 2.12. The Hall–Kier alpha value is -2.19. The molecule has 0 spiro atoms. The van der Waals surface area contributed by atoms with E-state index < -0.39 is 0 Å². The van der Waals surface area contributed by atoms with E-state index in [1.165, 1.54) is 0 Å². The molecule has 1 N–H and O–H groups in total. The van der Waals surface area contributed by atoms with Gasteiger partial charge in [0, 0.05) is 57.3 Å². The van der Waals surface area contributed by atoms with Gasteiger partial charge in [0.25, 0.3) is 0 Å². The highest BCUT2D eigenvalue weighted by atomic mass is 16.5. The van der Waals surface area contributed by atoms with Crippen molar-refractivity contribution in [1.29, 1.82) is 0 Å². The molecule has 2 saturated heterocycles. The fourth-order valence-corrected chi connectivity index (χ4v) is 3.15. The summed E-state index contributed by atoms with van der Waals surface area (Å²) in [5.74, 6) is 0.151. The van der Waals surface area contributed by atoms with Crippen molar-refractivity contribution in [3.8, 4) is 0 Å². The van der Waals surface area contributed by atoms with E-state index in [2.05, 4.69) is 15.2 Å². The molecule has 0 aliphatic carbocycles. The second kappa shape index (κ2) is 8.26. The van der Waals surface area contributed by atoms with Crippen LogP contribution in [0.25, 0.3) is 0 Å². The van der Waals surface area contributed by atoms with Crippen molar-refractivity contribution in [2.75, 3.05) is 57.8 Å². The number of ether oxygens (including phenoxy) is 1. The SMILES string of the molecule is C[C@@H](C(=O)N1CCOCC1)N1CCN(C(=O)Nc2ccncc2)CC1. The predicted octanol–water partition coefficient (Wildman–Crippen LogP) is 0.478. The van der Waals surface area contributed by atoms with Gasteiger partial charge in [0.15, 0.2) is 0 Å². The van der Waals surface area contributed by atoms with Crippen LogP contribution < -0.4 is 5.32 Å². The van der Waals surface area contributed by atoms with Crippen molar-refractivity contribution in [2.45, 2.75) is 13.0 Å². The number of amides is 3. The summed E-state index contributed by atoms with van der Waals surface area (Å²) in [5.41, 5.74) is 0.735. The number of rotatable bonds is 3. The summed E-state index contributed by atoms with van der Waals surface area (Å²) < 4.78 is 5.30. The number of carbonyl (C=O) groups excluding carboxylic acids is 2. The minimum absolute atomic E-state index is 0.113. The molecule has 3 heterocycles. The first-order valence-electron chi connectivity index (χ1n) is 8.71. The summed E-state index contributed by atoms with van der Waals surface area (Å²) in [6.07, 6.45) is 3.29. The third-order valence-electron chi connectivity index (χ3n) is 4.76. The number of piperazine rings is 1. The summed E-state index contributed by atoms with van der Waals surface area (Å²) in [5, 5.41) is 2.87. The molecule has 3 amide bonds. The van der Waals surface area contributed by atoms with Crippen molar-refractivity contribution >= 4 is 17.6 Å². The number of urea groups is 1. The molecule has 25 heavy (non-hydrogen) atoms. The smallest absolute Gasteiger partial charge is 0.321 e. The maximum absolute atomic E-state index is 12.6. The first-order valence-corrected chi connectivity index (χ1v) is 8.71. The quantitative estimate of drug-likeness (QED) is 0.860. The molecule has 1 aromatic rings. The van der Waals surface area contributed by atoms with E-state index in [9.17, 15) is 9.59 Å². The van der Waals surface area contributed by atoms with Crippen LogP contribution in [-0.2, 0) is 9.53 Å². The second-order valence-electron chi connectivity index (χ2n) is 6.30. The van der Waals surface area contributed by atoms with Gasteiger partial charge in [-0.3, -0.25) is 14.7 Å². The van der Waals surface area contributed by atoms with Crippen molar-refractivity contribution in [3.05, 3.63) is 24.5 Å². The van der Waals surface area contributed by atoms with Crippen molar-refractivity contribution in [2.24, 2.45) is 0 Å². The monoisotopic (exact) mass is 347 g/mol. The van der Waals surface area contributed by atoms with E-state index >= 15 is 0 Å². The normalized spacial score (nSPS) is 20.2. The number of anilines is 1. The first-order chi connectivity index (χ1) is 12.1. The van der Waals surface area contributed by atoms with Crippen molar-refractivity contribution < 1.29 is 14.3 Å². The van der Waals surface area contributed by atoms with Crippen LogP contribution >= 0.6 is 0 Å². The summed E-state index contributed by atoms with van der Waals surface area (Å²) >= 11 is 0. The van der Waals surface area contributed by atoms with Crippen LogP contribution in [0, 0.1) is 0 Å². The predicted molar refractivity (Wildman–Crippen MR) is 93.3 cm³/mol. The molecule has 136 valence electrons.